The second kappa shape index (κ2) is 9.32. The standard InChI is InChI=1S/C21H24ClFN2O4S/c1-14(15-3-5-17(23)6-4-15)24-21(26)16-9-11-25(12-10-16)30(27,28)18-7-8-20(29-2)19(22)13-18/h3-8,13-14,16H,9-12H2,1-2H3,(H,24,26)/t14-/m1/s1. The van der Waals surface area contributed by atoms with E-state index in [0.717, 1.165) is 5.56 Å². The van der Waals surface area contributed by atoms with Gasteiger partial charge >= 0.3 is 0 Å². The summed E-state index contributed by atoms with van der Waals surface area (Å²) in [6.07, 6.45) is 0.843. The number of carbonyl (C=O) groups is 1. The average Bonchev–Trinajstić information content (AvgIpc) is 2.74. The first kappa shape index (κ1) is 22.5. The minimum Gasteiger partial charge on any atom is -0.495 e. The maximum Gasteiger partial charge on any atom is 0.243 e. The van der Waals surface area contributed by atoms with Crippen LogP contribution in [0.5, 0.6) is 5.75 Å². The summed E-state index contributed by atoms with van der Waals surface area (Å²) in [5, 5.41) is 3.15. The van der Waals surface area contributed by atoms with Crippen molar-refractivity contribution in [3.63, 3.8) is 0 Å². The van der Waals surface area contributed by atoms with Crippen molar-refractivity contribution in [2.75, 3.05) is 20.2 Å². The van der Waals surface area contributed by atoms with Gasteiger partial charge in [-0.05, 0) is 55.7 Å². The van der Waals surface area contributed by atoms with E-state index < -0.39 is 10.0 Å². The monoisotopic (exact) mass is 454 g/mol. The minimum absolute atomic E-state index is 0.0983. The summed E-state index contributed by atoms with van der Waals surface area (Å²) < 4.78 is 45.3. The molecule has 0 bridgehead atoms. The molecule has 162 valence electrons. The fraction of sp³-hybridized carbons (Fsp3) is 0.381. The molecule has 1 atom stereocenters. The van der Waals surface area contributed by atoms with Crippen molar-refractivity contribution >= 4 is 27.5 Å². The number of methoxy groups -OCH3 is 1. The van der Waals surface area contributed by atoms with Crippen LogP contribution in [0.4, 0.5) is 4.39 Å². The van der Waals surface area contributed by atoms with Gasteiger partial charge in [-0.25, -0.2) is 12.8 Å². The number of hydrogen-bond donors (Lipinski definition) is 1. The third kappa shape index (κ3) is 4.94. The molecule has 0 unspecified atom stereocenters. The highest BCUT2D eigenvalue weighted by Gasteiger charge is 2.32. The predicted molar refractivity (Wildman–Crippen MR) is 112 cm³/mol. The van der Waals surface area contributed by atoms with Gasteiger partial charge in [-0.2, -0.15) is 4.31 Å². The first-order chi connectivity index (χ1) is 14.2. The van der Waals surface area contributed by atoms with Crippen LogP contribution < -0.4 is 10.1 Å². The molecule has 2 aromatic carbocycles. The number of sulfonamides is 1. The van der Waals surface area contributed by atoms with Crippen molar-refractivity contribution < 1.29 is 22.3 Å². The molecule has 0 aromatic heterocycles. The summed E-state index contributed by atoms with van der Waals surface area (Å²) in [6, 6.07) is 10.1. The molecule has 1 saturated heterocycles. The molecule has 30 heavy (non-hydrogen) atoms. The quantitative estimate of drug-likeness (QED) is 0.721. The zero-order chi connectivity index (χ0) is 21.9. The number of hydrogen-bond acceptors (Lipinski definition) is 4. The fourth-order valence-corrected chi connectivity index (χ4v) is 5.30. The number of benzene rings is 2. The van der Waals surface area contributed by atoms with Crippen LogP contribution in [0.3, 0.4) is 0 Å². The Bertz CT molecular complexity index is 1010. The van der Waals surface area contributed by atoms with E-state index in [0.29, 0.717) is 18.6 Å². The third-order valence-corrected chi connectivity index (χ3v) is 7.50. The molecule has 1 heterocycles. The maximum atomic E-state index is 13.1. The summed E-state index contributed by atoms with van der Waals surface area (Å²) in [4.78, 5) is 12.7. The molecular weight excluding hydrogens is 431 g/mol. The maximum absolute atomic E-state index is 13.1. The second-order valence-corrected chi connectivity index (χ2v) is 9.60. The number of nitrogens with zero attached hydrogens (tertiary/aromatic N) is 1. The van der Waals surface area contributed by atoms with Crippen LogP contribution in [0.2, 0.25) is 5.02 Å². The van der Waals surface area contributed by atoms with Crippen LogP contribution in [-0.4, -0.2) is 38.8 Å². The van der Waals surface area contributed by atoms with Crippen LogP contribution in [0.15, 0.2) is 47.4 Å². The predicted octanol–water partition coefficient (Wildman–Crippen LogP) is 3.77. The summed E-state index contributed by atoms with van der Waals surface area (Å²) in [5.41, 5.74) is 0.807. The van der Waals surface area contributed by atoms with Gasteiger partial charge in [-0.3, -0.25) is 4.79 Å². The summed E-state index contributed by atoms with van der Waals surface area (Å²) in [6.45, 7) is 2.32. The summed E-state index contributed by atoms with van der Waals surface area (Å²) >= 11 is 6.07. The highest BCUT2D eigenvalue weighted by atomic mass is 35.5. The molecule has 1 N–H and O–H groups in total. The fourth-order valence-electron chi connectivity index (χ4n) is 3.48. The highest BCUT2D eigenvalue weighted by molar-refractivity contribution is 7.89. The van der Waals surface area contributed by atoms with Crippen molar-refractivity contribution in [2.45, 2.75) is 30.7 Å². The number of halogens is 2. The molecule has 0 aliphatic carbocycles. The molecule has 9 heteroatoms. The lowest BCUT2D eigenvalue weighted by atomic mass is 9.96. The van der Waals surface area contributed by atoms with Crippen LogP contribution in [0, 0.1) is 11.7 Å². The van der Waals surface area contributed by atoms with Crippen molar-refractivity contribution in [3.05, 3.63) is 58.9 Å². The molecule has 0 spiro atoms. The molecule has 6 nitrogen and oxygen atoms in total. The van der Waals surface area contributed by atoms with Crippen molar-refractivity contribution in [2.24, 2.45) is 5.92 Å². The Morgan fingerprint density at radius 2 is 1.83 bits per heavy atom. The SMILES string of the molecule is COc1ccc(S(=O)(=O)N2CCC(C(=O)N[C@H](C)c3ccc(F)cc3)CC2)cc1Cl. The van der Waals surface area contributed by atoms with Gasteiger partial charge in [0.25, 0.3) is 0 Å². The van der Waals surface area contributed by atoms with Crippen LogP contribution in [0.25, 0.3) is 0 Å². The lowest BCUT2D eigenvalue weighted by molar-refractivity contribution is -0.126. The van der Waals surface area contributed by atoms with E-state index in [9.17, 15) is 17.6 Å². The van der Waals surface area contributed by atoms with Gasteiger partial charge in [0.05, 0.1) is 23.1 Å². The smallest absolute Gasteiger partial charge is 0.243 e. The lowest BCUT2D eigenvalue weighted by Crippen LogP contribution is -2.43. The van der Waals surface area contributed by atoms with E-state index in [1.54, 1.807) is 12.1 Å². The number of piperidine rings is 1. The first-order valence-corrected chi connectivity index (χ1v) is 11.4. The normalized spacial score (nSPS) is 16.8. The number of rotatable bonds is 6. The van der Waals surface area contributed by atoms with E-state index in [2.05, 4.69) is 5.32 Å². The van der Waals surface area contributed by atoms with Gasteiger partial charge in [0, 0.05) is 19.0 Å². The van der Waals surface area contributed by atoms with Crippen molar-refractivity contribution in [3.8, 4) is 5.75 Å². The Morgan fingerprint density at radius 1 is 1.20 bits per heavy atom. The van der Waals surface area contributed by atoms with E-state index in [-0.39, 0.29) is 46.7 Å². The van der Waals surface area contributed by atoms with Gasteiger partial charge < -0.3 is 10.1 Å². The van der Waals surface area contributed by atoms with E-state index in [1.165, 1.54) is 41.7 Å². The van der Waals surface area contributed by atoms with Crippen molar-refractivity contribution in [1.82, 2.24) is 9.62 Å². The molecule has 1 aliphatic rings. The molecule has 3 rings (SSSR count). The van der Waals surface area contributed by atoms with E-state index >= 15 is 0 Å². The third-order valence-electron chi connectivity index (χ3n) is 5.31. The molecule has 1 fully saturated rings. The van der Waals surface area contributed by atoms with Gasteiger partial charge in [-0.1, -0.05) is 23.7 Å². The minimum atomic E-state index is -3.70. The van der Waals surface area contributed by atoms with Crippen LogP contribution >= 0.6 is 11.6 Å². The molecule has 1 amide bonds. The number of ether oxygens (including phenoxy) is 1. The van der Waals surface area contributed by atoms with Gasteiger partial charge in [0.2, 0.25) is 15.9 Å². The first-order valence-electron chi connectivity index (χ1n) is 9.62. The van der Waals surface area contributed by atoms with E-state index in [1.807, 2.05) is 6.92 Å². The molecule has 0 saturated carbocycles. The topological polar surface area (TPSA) is 75.7 Å². The summed E-state index contributed by atoms with van der Waals surface area (Å²) in [5.74, 6) is -0.333. The molecule has 0 radical (unpaired) electrons. The van der Waals surface area contributed by atoms with Crippen molar-refractivity contribution in [1.29, 1.82) is 0 Å². The second-order valence-electron chi connectivity index (χ2n) is 7.26. The largest absolute Gasteiger partial charge is 0.495 e. The zero-order valence-corrected chi connectivity index (χ0v) is 18.3. The number of nitrogens with one attached hydrogen (secondary N) is 1. The molecule has 1 aliphatic heterocycles. The van der Waals surface area contributed by atoms with Crippen LogP contribution in [0.1, 0.15) is 31.4 Å². The Balaban J connectivity index is 1.60. The average molecular weight is 455 g/mol. The number of carbonyl (C=O) groups excluding carboxylic acids is 1. The van der Waals surface area contributed by atoms with Gasteiger partial charge in [0.1, 0.15) is 11.6 Å². The Labute approximate surface area is 181 Å². The Kier molecular flexibility index (Phi) is 7.00. The number of amides is 1. The Hall–Kier alpha value is -2.16. The zero-order valence-electron chi connectivity index (χ0n) is 16.8. The van der Waals surface area contributed by atoms with Crippen LogP contribution in [-0.2, 0) is 14.8 Å². The Morgan fingerprint density at radius 3 is 2.40 bits per heavy atom. The molecule has 2 aromatic rings. The summed E-state index contributed by atoms with van der Waals surface area (Å²) in [7, 11) is -2.24. The highest BCUT2D eigenvalue weighted by Crippen LogP contribution is 2.30. The lowest BCUT2D eigenvalue weighted by Gasteiger charge is -2.31. The van der Waals surface area contributed by atoms with Gasteiger partial charge in [-0.15, -0.1) is 0 Å². The molecular formula is C21H24ClFN2O4S. The van der Waals surface area contributed by atoms with E-state index in [4.69, 9.17) is 16.3 Å². The van der Waals surface area contributed by atoms with Gasteiger partial charge in [0.15, 0.2) is 0 Å².